The van der Waals surface area contributed by atoms with Crippen molar-refractivity contribution in [3.63, 3.8) is 0 Å². The molecule has 1 aromatic carbocycles. The van der Waals surface area contributed by atoms with Crippen LogP contribution in [0.1, 0.15) is 18.1 Å². The second-order valence-corrected chi connectivity index (χ2v) is 5.14. The van der Waals surface area contributed by atoms with E-state index in [4.69, 9.17) is 11.6 Å². The number of hydrogen-bond acceptors (Lipinski definition) is 5. The number of fused-ring (bicyclic) bond motifs is 1. The highest BCUT2D eigenvalue weighted by Gasteiger charge is 2.11. The van der Waals surface area contributed by atoms with Gasteiger partial charge >= 0.3 is 0 Å². The SMILES string of the molecule is CCNc1nc(Cl)nc(-n2cnc3cc(C)c(C)cc32)n1. The quantitative estimate of drug-likeness (QED) is 0.805. The molecule has 3 rings (SSSR count). The molecule has 0 saturated heterocycles. The van der Waals surface area contributed by atoms with E-state index in [1.165, 1.54) is 11.1 Å². The number of anilines is 1. The van der Waals surface area contributed by atoms with Crippen LogP contribution in [-0.4, -0.2) is 31.0 Å². The smallest absolute Gasteiger partial charge is 0.241 e. The van der Waals surface area contributed by atoms with E-state index in [0.717, 1.165) is 11.0 Å². The van der Waals surface area contributed by atoms with Gasteiger partial charge in [0.1, 0.15) is 6.33 Å². The predicted molar refractivity (Wildman–Crippen MR) is 83.1 cm³/mol. The van der Waals surface area contributed by atoms with Crippen LogP contribution in [0.4, 0.5) is 5.95 Å². The summed E-state index contributed by atoms with van der Waals surface area (Å²) in [6.45, 7) is 6.81. The Bertz CT molecular complexity index is 811. The number of halogens is 1. The minimum absolute atomic E-state index is 0.154. The zero-order valence-corrected chi connectivity index (χ0v) is 12.8. The maximum atomic E-state index is 5.97. The number of aryl methyl sites for hydroxylation is 2. The van der Waals surface area contributed by atoms with Gasteiger partial charge in [-0.15, -0.1) is 0 Å². The van der Waals surface area contributed by atoms with E-state index >= 15 is 0 Å². The van der Waals surface area contributed by atoms with E-state index in [0.29, 0.717) is 18.4 Å². The van der Waals surface area contributed by atoms with E-state index in [2.05, 4.69) is 51.2 Å². The average molecular weight is 303 g/mol. The Morgan fingerprint density at radius 3 is 2.67 bits per heavy atom. The molecule has 7 heteroatoms. The van der Waals surface area contributed by atoms with Crippen LogP contribution in [0.3, 0.4) is 0 Å². The lowest BCUT2D eigenvalue weighted by Gasteiger charge is -2.07. The Morgan fingerprint density at radius 2 is 1.90 bits per heavy atom. The molecule has 6 nitrogen and oxygen atoms in total. The Balaban J connectivity index is 2.18. The lowest BCUT2D eigenvalue weighted by molar-refractivity contribution is 0.908. The molecular formula is C14H15ClN6. The first-order valence-corrected chi connectivity index (χ1v) is 7.06. The van der Waals surface area contributed by atoms with Crippen molar-refractivity contribution in [2.24, 2.45) is 0 Å². The van der Waals surface area contributed by atoms with Crippen LogP contribution in [-0.2, 0) is 0 Å². The summed E-state index contributed by atoms with van der Waals surface area (Å²) < 4.78 is 1.82. The fourth-order valence-corrected chi connectivity index (χ4v) is 2.26. The van der Waals surface area contributed by atoms with Gasteiger partial charge in [0, 0.05) is 6.54 Å². The summed E-state index contributed by atoms with van der Waals surface area (Å²) in [4.78, 5) is 17.0. The minimum Gasteiger partial charge on any atom is -0.354 e. The predicted octanol–water partition coefficient (Wildman–Crippen LogP) is 2.91. The van der Waals surface area contributed by atoms with Crippen molar-refractivity contribution in [2.45, 2.75) is 20.8 Å². The molecule has 0 saturated carbocycles. The number of benzene rings is 1. The first kappa shape index (κ1) is 13.8. The molecule has 2 aromatic heterocycles. The summed E-state index contributed by atoms with van der Waals surface area (Å²) in [6.07, 6.45) is 1.70. The van der Waals surface area contributed by atoms with E-state index < -0.39 is 0 Å². The molecule has 1 N–H and O–H groups in total. The van der Waals surface area contributed by atoms with Crippen molar-refractivity contribution in [3.8, 4) is 5.95 Å². The van der Waals surface area contributed by atoms with Crippen LogP contribution < -0.4 is 5.32 Å². The van der Waals surface area contributed by atoms with Crippen LogP contribution in [0.2, 0.25) is 5.28 Å². The van der Waals surface area contributed by atoms with E-state index in [9.17, 15) is 0 Å². The third-order valence-electron chi connectivity index (χ3n) is 3.31. The Hall–Kier alpha value is -2.21. The fourth-order valence-electron chi connectivity index (χ4n) is 2.11. The van der Waals surface area contributed by atoms with Gasteiger partial charge in [-0.3, -0.25) is 4.57 Å². The van der Waals surface area contributed by atoms with Gasteiger partial charge in [0.15, 0.2) is 0 Å². The number of aromatic nitrogens is 5. The van der Waals surface area contributed by atoms with Gasteiger partial charge in [-0.05, 0) is 55.6 Å². The molecule has 0 aliphatic carbocycles. The van der Waals surface area contributed by atoms with Gasteiger partial charge in [0.2, 0.25) is 17.2 Å². The molecule has 0 amide bonds. The van der Waals surface area contributed by atoms with Crippen LogP contribution >= 0.6 is 11.6 Å². The highest BCUT2D eigenvalue weighted by molar-refractivity contribution is 6.28. The third-order valence-corrected chi connectivity index (χ3v) is 3.48. The number of hydrogen-bond donors (Lipinski definition) is 1. The summed E-state index contributed by atoms with van der Waals surface area (Å²) in [5.74, 6) is 0.912. The maximum Gasteiger partial charge on any atom is 0.241 e. The van der Waals surface area contributed by atoms with Gasteiger partial charge < -0.3 is 5.32 Å². The average Bonchev–Trinajstić information content (AvgIpc) is 2.82. The molecule has 0 fully saturated rings. The highest BCUT2D eigenvalue weighted by Crippen LogP contribution is 2.21. The number of nitrogens with zero attached hydrogens (tertiary/aromatic N) is 5. The van der Waals surface area contributed by atoms with Gasteiger partial charge in [0.05, 0.1) is 11.0 Å². The summed E-state index contributed by atoms with van der Waals surface area (Å²) in [5, 5.41) is 3.19. The summed E-state index contributed by atoms with van der Waals surface area (Å²) in [6, 6.07) is 4.12. The first-order chi connectivity index (χ1) is 10.1. The van der Waals surface area contributed by atoms with E-state index in [1.54, 1.807) is 6.33 Å². The van der Waals surface area contributed by atoms with Gasteiger partial charge in [-0.1, -0.05) is 0 Å². The van der Waals surface area contributed by atoms with Gasteiger partial charge in [0.25, 0.3) is 0 Å². The molecule has 0 unspecified atom stereocenters. The van der Waals surface area contributed by atoms with Crippen molar-refractivity contribution >= 4 is 28.6 Å². The molecule has 0 spiro atoms. The zero-order chi connectivity index (χ0) is 15.0. The molecule has 0 radical (unpaired) electrons. The maximum absolute atomic E-state index is 5.97. The molecule has 0 aliphatic rings. The van der Waals surface area contributed by atoms with Crippen molar-refractivity contribution in [2.75, 3.05) is 11.9 Å². The van der Waals surface area contributed by atoms with Crippen molar-refractivity contribution < 1.29 is 0 Å². The van der Waals surface area contributed by atoms with Gasteiger partial charge in [-0.25, -0.2) is 4.98 Å². The Labute approximate surface area is 127 Å². The van der Waals surface area contributed by atoms with Crippen LogP contribution in [0, 0.1) is 13.8 Å². The van der Waals surface area contributed by atoms with Gasteiger partial charge in [-0.2, -0.15) is 15.0 Å². The van der Waals surface area contributed by atoms with Crippen LogP contribution in [0.25, 0.3) is 17.0 Å². The van der Waals surface area contributed by atoms with Crippen molar-refractivity contribution in [3.05, 3.63) is 34.9 Å². The van der Waals surface area contributed by atoms with Crippen LogP contribution in [0.5, 0.6) is 0 Å². The molecule has 0 atom stereocenters. The fraction of sp³-hybridized carbons (Fsp3) is 0.286. The summed E-state index contributed by atoms with van der Waals surface area (Å²) in [5.41, 5.74) is 4.24. The molecule has 21 heavy (non-hydrogen) atoms. The lowest BCUT2D eigenvalue weighted by Crippen LogP contribution is -2.08. The molecule has 0 bridgehead atoms. The number of imidazole rings is 1. The molecule has 2 heterocycles. The summed E-state index contributed by atoms with van der Waals surface area (Å²) >= 11 is 5.97. The molecule has 108 valence electrons. The highest BCUT2D eigenvalue weighted by atomic mass is 35.5. The number of nitrogens with one attached hydrogen (secondary N) is 1. The van der Waals surface area contributed by atoms with E-state index in [1.807, 2.05) is 11.5 Å². The molecule has 3 aromatic rings. The Kier molecular flexibility index (Phi) is 3.47. The third kappa shape index (κ3) is 2.54. The molecular weight excluding hydrogens is 288 g/mol. The monoisotopic (exact) mass is 302 g/mol. The minimum atomic E-state index is 0.154. The molecule has 0 aliphatic heterocycles. The standard InChI is InChI=1S/C14H15ClN6/c1-4-16-13-18-12(15)19-14(20-13)21-7-17-10-5-8(2)9(3)6-11(10)21/h5-7H,4H2,1-3H3,(H,16,18,19,20). The Morgan fingerprint density at radius 1 is 1.14 bits per heavy atom. The second kappa shape index (κ2) is 5.29. The van der Waals surface area contributed by atoms with Crippen molar-refractivity contribution in [1.29, 1.82) is 0 Å². The van der Waals surface area contributed by atoms with Crippen LogP contribution in [0.15, 0.2) is 18.5 Å². The largest absolute Gasteiger partial charge is 0.354 e. The lowest BCUT2D eigenvalue weighted by atomic mass is 10.1. The topological polar surface area (TPSA) is 68.5 Å². The summed E-state index contributed by atoms with van der Waals surface area (Å²) in [7, 11) is 0. The zero-order valence-electron chi connectivity index (χ0n) is 12.1. The van der Waals surface area contributed by atoms with Crippen molar-refractivity contribution in [1.82, 2.24) is 24.5 Å². The second-order valence-electron chi connectivity index (χ2n) is 4.80. The number of rotatable bonds is 3. The van der Waals surface area contributed by atoms with E-state index in [-0.39, 0.29) is 5.28 Å². The normalized spacial score (nSPS) is 11.0. The first-order valence-electron chi connectivity index (χ1n) is 6.68.